The highest BCUT2D eigenvalue weighted by molar-refractivity contribution is 9.10. The van der Waals surface area contributed by atoms with Gasteiger partial charge in [0.05, 0.1) is 28.9 Å². The lowest BCUT2D eigenvalue weighted by molar-refractivity contribution is 0.632. The Hall–Kier alpha value is -0.820. The third-order valence-electron chi connectivity index (χ3n) is 1.44. The van der Waals surface area contributed by atoms with Crippen LogP contribution in [0.2, 0.25) is 0 Å². The Kier molecular flexibility index (Phi) is 2.66. The van der Waals surface area contributed by atoms with Crippen LogP contribution in [0.1, 0.15) is 12.6 Å². The molecule has 4 heteroatoms. The van der Waals surface area contributed by atoms with E-state index in [0.29, 0.717) is 6.42 Å². The lowest BCUT2D eigenvalue weighted by Gasteiger charge is -1.99. The summed E-state index contributed by atoms with van der Waals surface area (Å²) in [7, 11) is 0. The zero-order valence-electron chi connectivity index (χ0n) is 6.21. The quantitative estimate of drug-likeness (QED) is 0.752. The van der Waals surface area contributed by atoms with Crippen LogP contribution in [0, 0.1) is 11.3 Å². The van der Waals surface area contributed by atoms with E-state index in [1.54, 1.807) is 6.20 Å². The van der Waals surface area contributed by atoms with Gasteiger partial charge in [0.15, 0.2) is 0 Å². The molecule has 0 radical (unpaired) electrons. The van der Waals surface area contributed by atoms with Crippen LogP contribution in [-0.2, 0) is 13.0 Å². The topological polar surface area (TPSA) is 41.6 Å². The first-order chi connectivity index (χ1) is 5.29. The van der Waals surface area contributed by atoms with Crippen LogP contribution in [0.5, 0.6) is 0 Å². The lowest BCUT2D eigenvalue weighted by Crippen LogP contribution is -2.01. The molecule has 0 saturated carbocycles. The summed E-state index contributed by atoms with van der Waals surface area (Å²) in [5, 5.41) is 12.5. The van der Waals surface area contributed by atoms with E-state index < -0.39 is 0 Å². The number of hydrogen-bond donors (Lipinski definition) is 0. The van der Waals surface area contributed by atoms with Gasteiger partial charge in [-0.05, 0) is 22.9 Å². The summed E-state index contributed by atoms with van der Waals surface area (Å²) in [4.78, 5) is 0. The summed E-state index contributed by atoms with van der Waals surface area (Å²) in [6.07, 6.45) is 2.13. The van der Waals surface area contributed by atoms with Crippen LogP contribution in [0.25, 0.3) is 0 Å². The Morgan fingerprint density at radius 2 is 2.55 bits per heavy atom. The molecule has 0 unspecified atom stereocenters. The molecule has 0 saturated heterocycles. The normalized spacial score (nSPS) is 9.55. The van der Waals surface area contributed by atoms with Crippen molar-refractivity contribution in [1.82, 2.24) is 9.78 Å². The number of aromatic nitrogens is 2. The minimum absolute atomic E-state index is 0.411. The zero-order valence-corrected chi connectivity index (χ0v) is 7.80. The Morgan fingerprint density at radius 1 is 1.82 bits per heavy atom. The zero-order chi connectivity index (χ0) is 8.27. The first-order valence-electron chi connectivity index (χ1n) is 3.36. The highest BCUT2D eigenvalue weighted by atomic mass is 79.9. The van der Waals surface area contributed by atoms with Gasteiger partial charge in [0, 0.05) is 6.54 Å². The highest BCUT2D eigenvalue weighted by Gasteiger charge is 2.05. The van der Waals surface area contributed by atoms with Gasteiger partial charge >= 0.3 is 0 Å². The van der Waals surface area contributed by atoms with Crippen molar-refractivity contribution in [2.45, 2.75) is 19.9 Å². The van der Waals surface area contributed by atoms with E-state index in [2.05, 4.69) is 27.1 Å². The molecular weight excluding hydrogens is 206 g/mol. The average molecular weight is 214 g/mol. The van der Waals surface area contributed by atoms with Gasteiger partial charge in [0.25, 0.3) is 0 Å². The summed E-state index contributed by atoms with van der Waals surface area (Å²) in [5.74, 6) is 0. The van der Waals surface area contributed by atoms with Gasteiger partial charge in [0.1, 0.15) is 0 Å². The molecule has 0 aromatic carbocycles. The molecule has 1 aromatic heterocycles. The van der Waals surface area contributed by atoms with Crippen molar-refractivity contribution in [3.05, 3.63) is 16.4 Å². The number of nitriles is 1. The third kappa shape index (κ3) is 1.60. The van der Waals surface area contributed by atoms with Gasteiger partial charge in [-0.2, -0.15) is 10.4 Å². The summed E-state index contributed by atoms with van der Waals surface area (Å²) in [5.41, 5.74) is 0.954. The fraction of sp³-hybridized carbons (Fsp3) is 0.429. The average Bonchev–Trinajstić information content (AvgIpc) is 2.34. The Balaban J connectivity index is 2.99. The molecule has 0 atom stereocenters. The van der Waals surface area contributed by atoms with E-state index in [1.165, 1.54) is 0 Å². The van der Waals surface area contributed by atoms with Gasteiger partial charge < -0.3 is 0 Å². The van der Waals surface area contributed by atoms with Crippen LogP contribution in [0.15, 0.2) is 10.7 Å². The first kappa shape index (κ1) is 8.28. The van der Waals surface area contributed by atoms with Gasteiger partial charge in [-0.3, -0.25) is 4.68 Å². The van der Waals surface area contributed by atoms with Crippen LogP contribution >= 0.6 is 15.9 Å². The van der Waals surface area contributed by atoms with Crippen LogP contribution < -0.4 is 0 Å². The Morgan fingerprint density at radius 3 is 3.09 bits per heavy atom. The van der Waals surface area contributed by atoms with Crippen molar-refractivity contribution in [2.75, 3.05) is 0 Å². The molecule has 0 aliphatic heterocycles. The van der Waals surface area contributed by atoms with Crippen LogP contribution in [0.4, 0.5) is 0 Å². The molecule has 1 rings (SSSR count). The number of aryl methyl sites for hydroxylation is 1. The second kappa shape index (κ2) is 3.54. The molecule has 1 heterocycles. The minimum atomic E-state index is 0.411. The highest BCUT2D eigenvalue weighted by Crippen LogP contribution is 2.15. The second-order valence-electron chi connectivity index (χ2n) is 2.09. The standard InChI is InChI=1S/C7H8BrN3/c1-2-11-7(3-4-9)6(8)5-10-11/h5H,2-3H2,1H3. The molecule has 0 N–H and O–H groups in total. The molecule has 0 amide bonds. The minimum Gasteiger partial charge on any atom is -0.268 e. The molecule has 1 aromatic rings. The van der Waals surface area contributed by atoms with E-state index >= 15 is 0 Å². The predicted octanol–water partition coefficient (Wildman–Crippen LogP) is 1.73. The molecule has 0 bridgehead atoms. The van der Waals surface area contributed by atoms with Crippen molar-refractivity contribution in [1.29, 1.82) is 5.26 Å². The van der Waals surface area contributed by atoms with E-state index in [9.17, 15) is 0 Å². The van der Waals surface area contributed by atoms with Crippen LogP contribution in [0.3, 0.4) is 0 Å². The second-order valence-corrected chi connectivity index (χ2v) is 2.94. The van der Waals surface area contributed by atoms with Crippen molar-refractivity contribution in [3.8, 4) is 6.07 Å². The smallest absolute Gasteiger partial charge is 0.0783 e. The summed E-state index contributed by atoms with van der Waals surface area (Å²) >= 11 is 3.32. The van der Waals surface area contributed by atoms with E-state index in [-0.39, 0.29) is 0 Å². The van der Waals surface area contributed by atoms with Crippen LogP contribution in [-0.4, -0.2) is 9.78 Å². The van der Waals surface area contributed by atoms with Gasteiger partial charge in [0.2, 0.25) is 0 Å². The summed E-state index contributed by atoms with van der Waals surface area (Å²) in [6.45, 7) is 2.81. The molecule has 58 valence electrons. The molecule has 0 aliphatic carbocycles. The van der Waals surface area contributed by atoms with E-state index in [0.717, 1.165) is 16.7 Å². The first-order valence-corrected chi connectivity index (χ1v) is 4.16. The summed E-state index contributed by atoms with van der Waals surface area (Å²) in [6, 6.07) is 2.09. The molecule has 0 aliphatic rings. The monoisotopic (exact) mass is 213 g/mol. The number of rotatable bonds is 2. The molecule has 3 nitrogen and oxygen atoms in total. The summed E-state index contributed by atoms with van der Waals surface area (Å²) < 4.78 is 2.73. The predicted molar refractivity (Wildman–Crippen MR) is 44.9 cm³/mol. The fourth-order valence-electron chi connectivity index (χ4n) is 0.911. The maximum absolute atomic E-state index is 8.47. The Labute approximate surface area is 73.8 Å². The third-order valence-corrected chi connectivity index (χ3v) is 2.11. The Bertz CT molecular complexity index is 284. The largest absolute Gasteiger partial charge is 0.268 e. The van der Waals surface area contributed by atoms with Crippen molar-refractivity contribution < 1.29 is 0 Å². The van der Waals surface area contributed by atoms with Gasteiger partial charge in [-0.25, -0.2) is 0 Å². The molecule has 11 heavy (non-hydrogen) atoms. The lowest BCUT2D eigenvalue weighted by atomic mass is 10.3. The van der Waals surface area contributed by atoms with E-state index in [4.69, 9.17) is 5.26 Å². The van der Waals surface area contributed by atoms with Gasteiger partial charge in [-0.1, -0.05) is 0 Å². The fourth-order valence-corrected chi connectivity index (χ4v) is 1.35. The van der Waals surface area contributed by atoms with Gasteiger partial charge in [-0.15, -0.1) is 0 Å². The van der Waals surface area contributed by atoms with Crippen molar-refractivity contribution in [3.63, 3.8) is 0 Å². The maximum atomic E-state index is 8.47. The van der Waals surface area contributed by atoms with E-state index in [1.807, 2.05) is 11.6 Å². The number of nitrogens with zero attached hydrogens (tertiary/aromatic N) is 3. The molecule has 0 fully saturated rings. The molecule has 0 spiro atoms. The SMILES string of the molecule is CCn1ncc(Br)c1CC#N. The number of halogens is 1. The van der Waals surface area contributed by atoms with Crippen molar-refractivity contribution >= 4 is 15.9 Å². The van der Waals surface area contributed by atoms with Crippen molar-refractivity contribution in [2.24, 2.45) is 0 Å². The molecular formula is C7H8BrN3. The maximum Gasteiger partial charge on any atom is 0.0783 e. The number of hydrogen-bond acceptors (Lipinski definition) is 2.